The second kappa shape index (κ2) is 7.38. The van der Waals surface area contributed by atoms with Gasteiger partial charge in [-0.05, 0) is 30.5 Å². The third-order valence-corrected chi connectivity index (χ3v) is 4.59. The van der Waals surface area contributed by atoms with Gasteiger partial charge in [0.25, 0.3) is 0 Å². The fraction of sp³-hybridized carbons (Fsp3) is 0.300. The van der Waals surface area contributed by atoms with Crippen molar-refractivity contribution in [3.63, 3.8) is 0 Å². The van der Waals surface area contributed by atoms with Crippen molar-refractivity contribution in [2.24, 2.45) is 0 Å². The number of nitrogens with two attached hydrogens (primary N) is 1. The van der Waals surface area contributed by atoms with E-state index in [1.807, 2.05) is 54.0 Å². The Morgan fingerprint density at radius 1 is 1.20 bits per heavy atom. The van der Waals surface area contributed by atoms with Gasteiger partial charge in [-0.1, -0.05) is 49.4 Å². The first-order valence-corrected chi connectivity index (χ1v) is 8.68. The van der Waals surface area contributed by atoms with Crippen LogP contribution in [0.4, 0.5) is 5.95 Å². The maximum atomic E-state index is 12.4. The van der Waals surface area contributed by atoms with Crippen molar-refractivity contribution in [3.8, 4) is 0 Å². The Bertz CT molecular complexity index is 870. The van der Waals surface area contributed by atoms with Gasteiger partial charge >= 0.3 is 0 Å². The summed E-state index contributed by atoms with van der Waals surface area (Å²) in [6.45, 7) is 5.16. The minimum atomic E-state index is -0.177. The van der Waals surface area contributed by atoms with E-state index in [9.17, 15) is 4.79 Å². The van der Waals surface area contributed by atoms with E-state index in [-0.39, 0.29) is 11.8 Å². The lowest BCUT2D eigenvalue weighted by Crippen LogP contribution is -2.31. The molecule has 130 valence electrons. The monoisotopic (exact) mass is 336 g/mol. The van der Waals surface area contributed by atoms with Gasteiger partial charge in [-0.15, -0.1) is 0 Å². The summed E-state index contributed by atoms with van der Waals surface area (Å²) >= 11 is 0. The zero-order chi connectivity index (χ0) is 17.8. The number of hydrogen-bond acceptors (Lipinski definition) is 3. The first kappa shape index (κ1) is 17.0. The van der Waals surface area contributed by atoms with Crippen LogP contribution in [-0.4, -0.2) is 22.0 Å². The molecule has 1 amide bonds. The van der Waals surface area contributed by atoms with Gasteiger partial charge in [0.1, 0.15) is 0 Å². The number of hydrogen-bond donors (Lipinski definition) is 2. The first-order chi connectivity index (χ1) is 12.1. The highest BCUT2D eigenvalue weighted by Gasteiger charge is 2.15. The fourth-order valence-corrected chi connectivity index (χ4v) is 3.13. The minimum absolute atomic E-state index is 0.0184. The van der Waals surface area contributed by atoms with Gasteiger partial charge in [0.05, 0.1) is 17.0 Å². The second-order valence-electron chi connectivity index (χ2n) is 6.18. The number of nitrogen functional groups attached to an aromatic ring is 1. The average molecular weight is 336 g/mol. The van der Waals surface area contributed by atoms with E-state index >= 15 is 0 Å². The Morgan fingerprint density at radius 2 is 1.96 bits per heavy atom. The number of nitrogens with one attached hydrogen (secondary N) is 1. The summed E-state index contributed by atoms with van der Waals surface area (Å²) in [5.74, 6) is 0.329. The maximum absolute atomic E-state index is 12.4. The minimum Gasteiger partial charge on any atom is -0.369 e. The van der Waals surface area contributed by atoms with Crippen LogP contribution in [0.1, 0.15) is 30.9 Å². The molecule has 0 aliphatic rings. The highest BCUT2D eigenvalue weighted by molar-refractivity contribution is 5.83. The van der Waals surface area contributed by atoms with E-state index in [2.05, 4.69) is 23.3 Å². The number of carbonyl (C=O) groups excluding carboxylic acids is 1. The predicted molar refractivity (Wildman–Crippen MR) is 101 cm³/mol. The van der Waals surface area contributed by atoms with Crippen LogP contribution in [0.5, 0.6) is 0 Å². The Morgan fingerprint density at radius 3 is 2.68 bits per heavy atom. The quantitative estimate of drug-likeness (QED) is 0.726. The lowest BCUT2D eigenvalue weighted by atomic mass is 10.0. The lowest BCUT2D eigenvalue weighted by molar-refractivity contribution is -0.122. The molecule has 0 aliphatic heterocycles. The maximum Gasteiger partial charge on any atom is 0.227 e. The van der Waals surface area contributed by atoms with Gasteiger partial charge in [0, 0.05) is 13.1 Å². The Labute approximate surface area is 147 Å². The van der Waals surface area contributed by atoms with E-state index in [0.29, 0.717) is 19.0 Å². The molecule has 25 heavy (non-hydrogen) atoms. The highest BCUT2D eigenvalue weighted by atomic mass is 16.1. The number of aromatic nitrogens is 2. The van der Waals surface area contributed by atoms with Crippen molar-refractivity contribution in [3.05, 3.63) is 59.7 Å². The zero-order valence-corrected chi connectivity index (χ0v) is 14.7. The highest BCUT2D eigenvalue weighted by Crippen LogP contribution is 2.22. The molecule has 0 spiro atoms. The molecule has 0 saturated heterocycles. The largest absolute Gasteiger partial charge is 0.369 e. The average Bonchev–Trinajstić information content (AvgIpc) is 2.97. The van der Waals surface area contributed by atoms with Crippen LogP contribution < -0.4 is 11.1 Å². The predicted octanol–water partition coefficient (Wildman–Crippen LogP) is 3.10. The Balaban J connectivity index is 1.69. The molecule has 3 rings (SSSR count). The summed E-state index contributed by atoms with van der Waals surface area (Å²) in [4.78, 5) is 16.8. The number of nitrogens with zero attached hydrogens (tertiary/aromatic N) is 2. The molecule has 0 radical (unpaired) electrons. The van der Waals surface area contributed by atoms with Crippen molar-refractivity contribution >= 4 is 22.9 Å². The van der Waals surface area contributed by atoms with Crippen LogP contribution in [0.3, 0.4) is 0 Å². The molecule has 3 aromatic rings. The summed E-state index contributed by atoms with van der Waals surface area (Å²) in [5, 5.41) is 3.01. The van der Waals surface area contributed by atoms with E-state index in [4.69, 9.17) is 5.73 Å². The summed E-state index contributed by atoms with van der Waals surface area (Å²) in [6.07, 6.45) is 0.917. The molecule has 0 bridgehead atoms. The molecule has 5 nitrogen and oxygen atoms in total. The first-order valence-electron chi connectivity index (χ1n) is 8.68. The third kappa shape index (κ3) is 3.50. The van der Waals surface area contributed by atoms with Crippen LogP contribution in [0.2, 0.25) is 0 Å². The van der Waals surface area contributed by atoms with Crippen molar-refractivity contribution in [2.75, 3.05) is 12.3 Å². The molecule has 5 heteroatoms. The number of amides is 1. The second-order valence-corrected chi connectivity index (χ2v) is 6.18. The van der Waals surface area contributed by atoms with Crippen molar-refractivity contribution < 1.29 is 4.79 Å². The third-order valence-electron chi connectivity index (χ3n) is 4.59. The van der Waals surface area contributed by atoms with E-state index in [0.717, 1.165) is 23.0 Å². The van der Waals surface area contributed by atoms with E-state index in [1.54, 1.807) is 0 Å². The standard InChI is InChI=1S/C20H24N4O/c1-3-15-10-7-11-17-18(15)24(20(21)23-17)13-12-22-19(25)14(2)16-8-5-4-6-9-16/h4-11,14H,3,12-13H2,1-2H3,(H2,21,23)(H,22,25). The molecule has 0 saturated carbocycles. The van der Waals surface area contributed by atoms with Crippen molar-refractivity contribution in [1.29, 1.82) is 0 Å². The molecule has 0 fully saturated rings. The number of aryl methyl sites for hydroxylation is 1. The van der Waals surface area contributed by atoms with Gasteiger partial charge in [-0.25, -0.2) is 4.98 Å². The van der Waals surface area contributed by atoms with Crippen LogP contribution in [0, 0.1) is 0 Å². The molecular formula is C20H24N4O. The summed E-state index contributed by atoms with van der Waals surface area (Å²) in [5.41, 5.74) is 10.3. The Kier molecular flexibility index (Phi) is 5.03. The SMILES string of the molecule is CCc1cccc2nc(N)n(CCNC(=O)C(C)c3ccccc3)c12. The molecule has 1 atom stereocenters. The van der Waals surface area contributed by atoms with Crippen LogP contribution in [-0.2, 0) is 17.8 Å². The van der Waals surface area contributed by atoms with Crippen LogP contribution in [0.15, 0.2) is 48.5 Å². The summed E-state index contributed by atoms with van der Waals surface area (Å²) in [7, 11) is 0. The smallest absolute Gasteiger partial charge is 0.227 e. The van der Waals surface area contributed by atoms with Gasteiger partial charge in [-0.3, -0.25) is 4.79 Å². The summed E-state index contributed by atoms with van der Waals surface area (Å²) < 4.78 is 1.99. The Hall–Kier alpha value is -2.82. The lowest BCUT2D eigenvalue weighted by Gasteiger charge is -2.14. The number of carbonyl (C=O) groups is 1. The normalized spacial score (nSPS) is 12.2. The van der Waals surface area contributed by atoms with Gasteiger partial charge in [0.15, 0.2) is 0 Å². The molecular weight excluding hydrogens is 312 g/mol. The number of anilines is 1. The number of imidazole rings is 1. The van der Waals surface area contributed by atoms with Gasteiger partial charge in [-0.2, -0.15) is 0 Å². The molecule has 1 heterocycles. The number of benzene rings is 2. The van der Waals surface area contributed by atoms with Crippen LogP contribution >= 0.6 is 0 Å². The zero-order valence-electron chi connectivity index (χ0n) is 14.7. The summed E-state index contributed by atoms with van der Waals surface area (Å²) in [6, 6.07) is 15.9. The van der Waals surface area contributed by atoms with Crippen molar-refractivity contribution in [1.82, 2.24) is 14.9 Å². The van der Waals surface area contributed by atoms with Crippen molar-refractivity contribution in [2.45, 2.75) is 32.7 Å². The van der Waals surface area contributed by atoms with Gasteiger partial charge in [0.2, 0.25) is 11.9 Å². The number of para-hydroxylation sites is 1. The molecule has 0 aliphatic carbocycles. The number of fused-ring (bicyclic) bond motifs is 1. The van der Waals surface area contributed by atoms with Gasteiger partial charge < -0.3 is 15.6 Å². The topological polar surface area (TPSA) is 72.9 Å². The van der Waals surface area contributed by atoms with E-state index < -0.39 is 0 Å². The fourth-order valence-electron chi connectivity index (χ4n) is 3.13. The molecule has 3 N–H and O–H groups in total. The van der Waals surface area contributed by atoms with Crippen LogP contribution in [0.25, 0.3) is 11.0 Å². The molecule has 1 aromatic heterocycles. The molecule has 2 aromatic carbocycles. The van der Waals surface area contributed by atoms with E-state index in [1.165, 1.54) is 5.56 Å². The number of rotatable bonds is 6. The molecule has 1 unspecified atom stereocenters.